The molecule has 2 rings (SSSR count). The van der Waals surface area contributed by atoms with E-state index in [1.807, 2.05) is 13.0 Å². The van der Waals surface area contributed by atoms with Gasteiger partial charge in [-0.05, 0) is 30.7 Å². The van der Waals surface area contributed by atoms with Gasteiger partial charge in [-0.1, -0.05) is 0 Å². The van der Waals surface area contributed by atoms with Crippen molar-refractivity contribution in [2.75, 3.05) is 7.11 Å². The SMILES string of the molecule is COC1CC(Oc2ccc(C(N)=O)c(C)c2)C1. The second kappa shape index (κ2) is 4.75. The molecule has 0 unspecified atom stereocenters. The van der Waals surface area contributed by atoms with Gasteiger partial charge in [0.15, 0.2) is 0 Å². The van der Waals surface area contributed by atoms with Gasteiger partial charge in [-0.2, -0.15) is 0 Å². The molecule has 0 bridgehead atoms. The summed E-state index contributed by atoms with van der Waals surface area (Å²) in [6, 6.07) is 5.34. The molecule has 0 radical (unpaired) electrons. The summed E-state index contributed by atoms with van der Waals surface area (Å²) in [5, 5.41) is 0. The average Bonchev–Trinajstić information content (AvgIpc) is 2.22. The predicted octanol–water partition coefficient (Wildman–Crippen LogP) is 1.65. The van der Waals surface area contributed by atoms with E-state index in [2.05, 4.69) is 0 Å². The van der Waals surface area contributed by atoms with Gasteiger partial charge in [0, 0.05) is 25.5 Å². The van der Waals surface area contributed by atoms with Crippen LogP contribution in [0.5, 0.6) is 5.75 Å². The maximum atomic E-state index is 11.1. The number of hydrogen-bond donors (Lipinski definition) is 1. The van der Waals surface area contributed by atoms with Crippen molar-refractivity contribution < 1.29 is 14.3 Å². The summed E-state index contributed by atoms with van der Waals surface area (Å²) >= 11 is 0. The van der Waals surface area contributed by atoms with Crippen molar-refractivity contribution in [3.05, 3.63) is 29.3 Å². The molecule has 0 saturated heterocycles. The molecule has 0 spiro atoms. The van der Waals surface area contributed by atoms with Gasteiger partial charge < -0.3 is 15.2 Å². The average molecular weight is 235 g/mol. The molecular formula is C13H17NO3. The Labute approximate surface area is 101 Å². The van der Waals surface area contributed by atoms with Crippen LogP contribution in [-0.4, -0.2) is 25.2 Å². The number of nitrogens with two attached hydrogens (primary N) is 1. The number of carbonyl (C=O) groups excluding carboxylic acids is 1. The molecular weight excluding hydrogens is 218 g/mol. The molecule has 17 heavy (non-hydrogen) atoms. The zero-order chi connectivity index (χ0) is 12.4. The van der Waals surface area contributed by atoms with E-state index >= 15 is 0 Å². The largest absolute Gasteiger partial charge is 0.490 e. The highest BCUT2D eigenvalue weighted by molar-refractivity contribution is 5.94. The first-order valence-corrected chi connectivity index (χ1v) is 5.70. The molecule has 2 N–H and O–H groups in total. The monoisotopic (exact) mass is 235 g/mol. The zero-order valence-corrected chi connectivity index (χ0v) is 10.1. The third kappa shape index (κ3) is 2.58. The van der Waals surface area contributed by atoms with Gasteiger partial charge in [0.25, 0.3) is 0 Å². The Morgan fingerprint density at radius 1 is 1.35 bits per heavy atom. The van der Waals surface area contributed by atoms with Gasteiger partial charge in [-0.15, -0.1) is 0 Å². The fourth-order valence-corrected chi connectivity index (χ4v) is 1.98. The molecule has 4 heteroatoms. The van der Waals surface area contributed by atoms with Gasteiger partial charge in [0.2, 0.25) is 5.91 Å². The Kier molecular flexibility index (Phi) is 3.33. The molecule has 4 nitrogen and oxygen atoms in total. The van der Waals surface area contributed by atoms with Crippen LogP contribution in [0.25, 0.3) is 0 Å². The Balaban J connectivity index is 1.99. The minimum atomic E-state index is -0.405. The van der Waals surface area contributed by atoms with Crippen LogP contribution in [0.2, 0.25) is 0 Å². The molecule has 0 atom stereocenters. The molecule has 0 heterocycles. The van der Waals surface area contributed by atoms with Crippen LogP contribution in [0.15, 0.2) is 18.2 Å². The maximum Gasteiger partial charge on any atom is 0.248 e. The van der Waals surface area contributed by atoms with E-state index in [4.69, 9.17) is 15.2 Å². The van der Waals surface area contributed by atoms with Crippen LogP contribution in [0, 0.1) is 6.92 Å². The van der Waals surface area contributed by atoms with Crippen molar-refractivity contribution in [2.24, 2.45) is 5.73 Å². The fourth-order valence-electron chi connectivity index (χ4n) is 1.98. The minimum Gasteiger partial charge on any atom is -0.490 e. The lowest BCUT2D eigenvalue weighted by Gasteiger charge is -2.34. The highest BCUT2D eigenvalue weighted by Crippen LogP contribution is 2.28. The molecule has 0 aliphatic heterocycles. The zero-order valence-electron chi connectivity index (χ0n) is 10.1. The lowest BCUT2D eigenvalue weighted by molar-refractivity contribution is -0.0381. The number of aryl methyl sites for hydroxylation is 1. The fraction of sp³-hybridized carbons (Fsp3) is 0.462. The third-order valence-electron chi connectivity index (χ3n) is 3.15. The molecule has 1 saturated carbocycles. The number of carbonyl (C=O) groups is 1. The Morgan fingerprint density at radius 2 is 2.06 bits per heavy atom. The normalized spacial score (nSPS) is 22.9. The van der Waals surface area contributed by atoms with Gasteiger partial charge in [-0.3, -0.25) is 4.79 Å². The maximum absolute atomic E-state index is 11.1. The van der Waals surface area contributed by atoms with Gasteiger partial charge in [0.05, 0.1) is 6.10 Å². The molecule has 1 aliphatic rings. The molecule has 92 valence electrons. The lowest BCUT2D eigenvalue weighted by Crippen LogP contribution is -2.38. The highest BCUT2D eigenvalue weighted by atomic mass is 16.5. The van der Waals surface area contributed by atoms with Crippen molar-refractivity contribution in [3.8, 4) is 5.75 Å². The molecule has 0 aromatic heterocycles. The standard InChI is InChI=1S/C13H17NO3/c1-8-5-9(3-4-12(8)13(14)15)17-11-6-10(7-11)16-2/h3-5,10-11H,6-7H2,1-2H3,(H2,14,15). The van der Waals surface area contributed by atoms with E-state index in [1.165, 1.54) is 0 Å². The second-order valence-corrected chi connectivity index (χ2v) is 4.41. The van der Waals surface area contributed by atoms with Gasteiger partial charge in [0.1, 0.15) is 11.9 Å². The smallest absolute Gasteiger partial charge is 0.248 e. The summed E-state index contributed by atoms with van der Waals surface area (Å²) < 4.78 is 11.0. The molecule has 1 fully saturated rings. The molecule has 1 aliphatic carbocycles. The van der Waals surface area contributed by atoms with E-state index in [0.29, 0.717) is 11.7 Å². The van der Waals surface area contributed by atoms with Crippen molar-refractivity contribution >= 4 is 5.91 Å². The number of hydrogen-bond acceptors (Lipinski definition) is 3. The first-order valence-electron chi connectivity index (χ1n) is 5.70. The van der Waals surface area contributed by atoms with Crippen molar-refractivity contribution in [3.63, 3.8) is 0 Å². The summed E-state index contributed by atoms with van der Waals surface area (Å²) in [5.74, 6) is 0.379. The second-order valence-electron chi connectivity index (χ2n) is 4.41. The molecule has 1 aromatic rings. The summed E-state index contributed by atoms with van der Waals surface area (Å²) in [7, 11) is 1.71. The number of benzene rings is 1. The van der Waals surface area contributed by atoms with Crippen LogP contribution < -0.4 is 10.5 Å². The predicted molar refractivity (Wildman–Crippen MR) is 64.1 cm³/mol. The molecule has 1 amide bonds. The van der Waals surface area contributed by atoms with E-state index in [-0.39, 0.29) is 6.10 Å². The minimum absolute atomic E-state index is 0.221. The number of ether oxygens (including phenoxy) is 2. The van der Waals surface area contributed by atoms with Gasteiger partial charge >= 0.3 is 0 Å². The van der Waals surface area contributed by atoms with Gasteiger partial charge in [-0.25, -0.2) is 0 Å². The van der Waals surface area contributed by atoms with Crippen LogP contribution in [0.4, 0.5) is 0 Å². The first kappa shape index (κ1) is 11.9. The Morgan fingerprint density at radius 3 is 2.59 bits per heavy atom. The van der Waals surface area contributed by atoms with E-state index in [0.717, 1.165) is 24.2 Å². The van der Waals surface area contributed by atoms with Crippen molar-refractivity contribution in [2.45, 2.75) is 32.0 Å². The summed E-state index contributed by atoms with van der Waals surface area (Å²) in [4.78, 5) is 11.1. The van der Waals surface area contributed by atoms with E-state index in [1.54, 1.807) is 19.2 Å². The van der Waals surface area contributed by atoms with Crippen LogP contribution in [0.3, 0.4) is 0 Å². The van der Waals surface area contributed by atoms with Crippen molar-refractivity contribution in [1.29, 1.82) is 0 Å². The Hall–Kier alpha value is -1.55. The number of rotatable bonds is 4. The number of methoxy groups -OCH3 is 1. The summed E-state index contributed by atoms with van der Waals surface area (Å²) in [5.41, 5.74) is 6.63. The van der Waals surface area contributed by atoms with E-state index < -0.39 is 5.91 Å². The highest BCUT2D eigenvalue weighted by Gasteiger charge is 2.30. The van der Waals surface area contributed by atoms with Crippen LogP contribution >= 0.6 is 0 Å². The van der Waals surface area contributed by atoms with Crippen LogP contribution in [0.1, 0.15) is 28.8 Å². The molecule has 1 aromatic carbocycles. The van der Waals surface area contributed by atoms with Crippen LogP contribution in [-0.2, 0) is 4.74 Å². The Bertz CT molecular complexity index is 425. The topological polar surface area (TPSA) is 61.6 Å². The first-order chi connectivity index (χ1) is 8.10. The summed E-state index contributed by atoms with van der Waals surface area (Å²) in [6.07, 6.45) is 2.39. The lowest BCUT2D eigenvalue weighted by atomic mass is 9.92. The quantitative estimate of drug-likeness (QED) is 0.863. The van der Waals surface area contributed by atoms with E-state index in [9.17, 15) is 4.79 Å². The van der Waals surface area contributed by atoms with Crippen molar-refractivity contribution in [1.82, 2.24) is 0 Å². The summed E-state index contributed by atoms with van der Waals surface area (Å²) in [6.45, 7) is 1.85. The third-order valence-corrected chi connectivity index (χ3v) is 3.15. The number of amides is 1. The number of primary amides is 1.